The van der Waals surface area contributed by atoms with E-state index >= 15 is 0 Å². The van der Waals surface area contributed by atoms with Crippen LogP contribution >= 0.6 is 22.5 Å². The number of aromatic carboxylic acids is 1. The first-order valence-electron chi connectivity index (χ1n) is 5.63. The first-order chi connectivity index (χ1) is 10.2. The fourth-order valence-electron chi connectivity index (χ4n) is 1.84. The number of hydrogen-bond acceptors (Lipinski definition) is 7. The molecule has 9 nitrogen and oxygen atoms in total. The van der Waals surface area contributed by atoms with E-state index in [9.17, 15) is 24.5 Å². The van der Waals surface area contributed by atoms with Gasteiger partial charge in [-0.25, -0.2) is 4.79 Å². The fourth-order valence-corrected chi connectivity index (χ4v) is 2.71. The van der Waals surface area contributed by atoms with Gasteiger partial charge in [-0.3, -0.25) is 19.7 Å². The monoisotopic (exact) mass is 345 g/mol. The van der Waals surface area contributed by atoms with Crippen LogP contribution in [-0.2, 0) is 9.59 Å². The predicted octanol–water partition coefficient (Wildman–Crippen LogP) is 0.674. The third-order valence-electron chi connectivity index (χ3n) is 2.76. The van der Waals surface area contributed by atoms with Gasteiger partial charge in [0.15, 0.2) is 0 Å². The Kier molecular flexibility index (Phi) is 5.77. The first-order valence-corrected chi connectivity index (χ1v) is 7.50. The lowest BCUT2D eigenvalue weighted by atomic mass is 9.92. The number of nitrogens with two attached hydrogens (primary N) is 2. The molecule has 0 aliphatic heterocycles. The highest BCUT2D eigenvalue weighted by Crippen LogP contribution is 2.37. The number of hydrogen-bond donors (Lipinski definition) is 4. The number of carbonyl (C=O) groups excluding carboxylic acids is 2. The number of nitro groups is 1. The van der Waals surface area contributed by atoms with E-state index in [1.165, 1.54) is 6.07 Å². The molecule has 0 aliphatic carbocycles. The molecule has 0 radical (unpaired) electrons. The fraction of sp³-hybridized carbons (Fsp3) is 0.182. The van der Waals surface area contributed by atoms with Gasteiger partial charge >= 0.3 is 5.97 Å². The van der Waals surface area contributed by atoms with Gasteiger partial charge in [0.05, 0.1) is 15.7 Å². The molecule has 11 heteroatoms. The molecule has 1 unspecified atom stereocenters. The van der Waals surface area contributed by atoms with Gasteiger partial charge in [0.2, 0.25) is 11.8 Å². The van der Waals surface area contributed by atoms with Crippen molar-refractivity contribution in [2.24, 2.45) is 11.5 Å². The Bertz CT molecular complexity index is 663. The van der Waals surface area contributed by atoms with Gasteiger partial charge in [-0.1, -0.05) is 10.8 Å². The van der Waals surface area contributed by atoms with E-state index < -0.39 is 46.3 Å². The summed E-state index contributed by atoms with van der Waals surface area (Å²) >= 11 is 3.84. The number of thiol groups is 1. The van der Waals surface area contributed by atoms with Crippen molar-refractivity contribution in [3.05, 3.63) is 33.4 Å². The molecular formula is C11H11N3O6S2. The quantitative estimate of drug-likeness (QED) is 0.244. The summed E-state index contributed by atoms with van der Waals surface area (Å²) in [6.45, 7) is 0. The molecule has 1 aromatic rings. The van der Waals surface area contributed by atoms with Gasteiger partial charge < -0.3 is 16.6 Å². The SMILES string of the molecule is NC(=O)CC(C(N)=O)c1cc(SS)c([N+](=O)[O-])c(C(=O)O)c1. The van der Waals surface area contributed by atoms with Gasteiger partial charge in [0, 0.05) is 6.42 Å². The highest BCUT2D eigenvalue weighted by Gasteiger charge is 2.29. The number of amides is 2. The standard InChI is InChI=1S/C11H11N3O6S2/c12-8(15)3-5(10(13)16)4-1-6(11(17)18)9(14(19)20)7(2-4)22-21/h1-2,5,21H,3H2,(H2,12,15)(H2,13,16)(H,17,18). The van der Waals surface area contributed by atoms with Gasteiger partial charge in [0.1, 0.15) is 5.56 Å². The topological polar surface area (TPSA) is 167 Å². The first kappa shape index (κ1) is 17.8. The van der Waals surface area contributed by atoms with Gasteiger partial charge in [0.25, 0.3) is 5.69 Å². The van der Waals surface area contributed by atoms with Crippen molar-refractivity contribution in [1.82, 2.24) is 0 Å². The van der Waals surface area contributed by atoms with Crippen LogP contribution < -0.4 is 11.5 Å². The number of benzene rings is 1. The van der Waals surface area contributed by atoms with Crippen molar-refractivity contribution in [3.63, 3.8) is 0 Å². The van der Waals surface area contributed by atoms with Crippen LogP contribution in [0, 0.1) is 10.1 Å². The lowest BCUT2D eigenvalue weighted by Crippen LogP contribution is -2.27. The van der Waals surface area contributed by atoms with E-state index in [4.69, 9.17) is 16.6 Å². The molecule has 1 rings (SSSR count). The minimum absolute atomic E-state index is 0.0471. The molecule has 118 valence electrons. The molecular weight excluding hydrogens is 334 g/mol. The van der Waals surface area contributed by atoms with Crippen molar-refractivity contribution in [2.45, 2.75) is 17.2 Å². The number of nitro benzene ring substituents is 1. The van der Waals surface area contributed by atoms with Crippen LogP contribution in [-0.4, -0.2) is 27.8 Å². The van der Waals surface area contributed by atoms with Crippen LogP contribution in [0.25, 0.3) is 0 Å². The Labute approximate surface area is 133 Å². The molecule has 0 aliphatic rings. The number of rotatable bonds is 7. The predicted molar refractivity (Wildman–Crippen MR) is 80.6 cm³/mol. The van der Waals surface area contributed by atoms with Crippen molar-refractivity contribution in [3.8, 4) is 0 Å². The summed E-state index contributed by atoms with van der Waals surface area (Å²) < 4.78 is 0. The van der Waals surface area contributed by atoms with Gasteiger partial charge in [-0.05, 0) is 17.7 Å². The summed E-state index contributed by atoms with van der Waals surface area (Å²) in [5.41, 5.74) is 8.97. The van der Waals surface area contributed by atoms with E-state index in [2.05, 4.69) is 11.7 Å². The van der Waals surface area contributed by atoms with Crippen molar-refractivity contribution in [1.29, 1.82) is 0 Å². The summed E-state index contributed by atoms with van der Waals surface area (Å²) in [6, 6.07) is 2.13. The van der Waals surface area contributed by atoms with Crippen molar-refractivity contribution in [2.75, 3.05) is 0 Å². The van der Waals surface area contributed by atoms with Crippen LogP contribution in [0.5, 0.6) is 0 Å². The van der Waals surface area contributed by atoms with Crippen LogP contribution in [0.4, 0.5) is 5.69 Å². The summed E-state index contributed by atoms with van der Waals surface area (Å²) in [5, 5.41) is 20.1. The Morgan fingerprint density at radius 2 is 1.95 bits per heavy atom. The Morgan fingerprint density at radius 1 is 1.36 bits per heavy atom. The van der Waals surface area contributed by atoms with Crippen LogP contribution in [0.3, 0.4) is 0 Å². The lowest BCUT2D eigenvalue weighted by Gasteiger charge is -2.14. The second-order valence-electron chi connectivity index (χ2n) is 4.19. The van der Waals surface area contributed by atoms with Crippen LogP contribution in [0.2, 0.25) is 0 Å². The zero-order valence-corrected chi connectivity index (χ0v) is 12.6. The molecule has 5 N–H and O–H groups in total. The van der Waals surface area contributed by atoms with E-state index in [1.807, 2.05) is 0 Å². The molecule has 0 bridgehead atoms. The summed E-state index contributed by atoms with van der Waals surface area (Å²) in [5.74, 6) is -4.46. The number of carboxylic acid groups (broad SMARTS) is 1. The van der Waals surface area contributed by atoms with E-state index in [0.29, 0.717) is 10.8 Å². The summed E-state index contributed by atoms with van der Waals surface area (Å²) in [7, 11) is 0.639. The normalized spacial score (nSPS) is 11.7. The molecule has 1 atom stereocenters. The number of nitrogens with zero attached hydrogens (tertiary/aromatic N) is 1. The highest BCUT2D eigenvalue weighted by atomic mass is 33.1. The number of carboxylic acids is 1. The largest absolute Gasteiger partial charge is 0.477 e. The maximum atomic E-state index is 11.4. The van der Waals surface area contributed by atoms with Crippen molar-refractivity contribution >= 4 is 45.9 Å². The zero-order valence-electron chi connectivity index (χ0n) is 10.9. The average molecular weight is 345 g/mol. The second-order valence-corrected chi connectivity index (χ2v) is 5.36. The summed E-state index contributed by atoms with van der Waals surface area (Å²) in [6.07, 6.45) is -0.442. The van der Waals surface area contributed by atoms with Gasteiger partial charge in [-0.2, -0.15) is 0 Å². The minimum atomic E-state index is -1.56. The second kappa shape index (κ2) is 7.13. The average Bonchev–Trinajstić information content (AvgIpc) is 2.42. The maximum Gasteiger partial charge on any atom is 0.342 e. The minimum Gasteiger partial charge on any atom is -0.477 e. The molecule has 0 aromatic heterocycles. The van der Waals surface area contributed by atoms with E-state index in [-0.39, 0.29) is 10.5 Å². The van der Waals surface area contributed by atoms with Gasteiger partial charge in [-0.15, -0.1) is 11.7 Å². The molecule has 0 heterocycles. The third-order valence-corrected chi connectivity index (χ3v) is 3.86. The summed E-state index contributed by atoms with van der Waals surface area (Å²) in [4.78, 5) is 43.7. The van der Waals surface area contributed by atoms with Crippen LogP contribution in [0.15, 0.2) is 17.0 Å². The zero-order chi connectivity index (χ0) is 17.0. The molecule has 0 saturated carbocycles. The van der Waals surface area contributed by atoms with E-state index in [1.54, 1.807) is 0 Å². The maximum absolute atomic E-state index is 11.4. The molecule has 1 aromatic carbocycles. The smallest absolute Gasteiger partial charge is 0.342 e. The Balaban J connectivity index is 3.59. The molecule has 22 heavy (non-hydrogen) atoms. The molecule has 0 saturated heterocycles. The molecule has 0 fully saturated rings. The third kappa shape index (κ3) is 3.89. The number of carbonyl (C=O) groups is 3. The molecule has 2 amide bonds. The number of primary amides is 2. The lowest BCUT2D eigenvalue weighted by molar-refractivity contribution is -0.388. The van der Waals surface area contributed by atoms with E-state index in [0.717, 1.165) is 6.07 Å². The Hall–Kier alpha value is -2.27. The Morgan fingerprint density at radius 3 is 2.32 bits per heavy atom. The van der Waals surface area contributed by atoms with Crippen LogP contribution in [0.1, 0.15) is 28.3 Å². The molecule has 0 spiro atoms. The van der Waals surface area contributed by atoms with Crippen molar-refractivity contribution < 1.29 is 24.4 Å². The highest BCUT2D eigenvalue weighted by molar-refractivity contribution is 8.68.